The molecule has 6 heteroatoms. The molecule has 0 spiro atoms. The van der Waals surface area contributed by atoms with Gasteiger partial charge in [0.1, 0.15) is 18.0 Å². The number of nitrogen functional groups attached to an aromatic ring is 1. The summed E-state index contributed by atoms with van der Waals surface area (Å²) < 4.78 is 0. The van der Waals surface area contributed by atoms with Crippen molar-refractivity contribution in [3.63, 3.8) is 0 Å². The number of hydrogen-bond donors (Lipinski definition) is 1. The second-order valence-corrected chi connectivity index (χ2v) is 5.63. The largest absolute Gasteiger partial charge is 0.384 e. The van der Waals surface area contributed by atoms with E-state index in [9.17, 15) is 0 Å². The fourth-order valence-corrected chi connectivity index (χ4v) is 2.79. The van der Waals surface area contributed by atoms with Crippen LogP contribution in [-0.2, 0) is 6.42 Å². The number of aromatic nitrogens is 3. The van der Waals surface area contributed by atoms with Crippen molar-refractivity contribution in [2.75, 3.05) is 43.9 Å². The van der Waals surface area contributed by atoms with E-state index in [-0.39, 0.29) is 0 Å². The molecule has 0 amide bonds. The van der Waals surface area contributed by atoms with Crippen LogP contribution in [0.1, 0.15) is 12.6 Å². The average Bonchev–Trinajstić information content (AvgIpc) is 2.56. The SMILES string of the molecule is CCc1ncnc(N2CCN(C)CC2)c1-c1ccc(N)nc1. The monoisotopic (exact) mass is 298 g/mol. The molecular weight excluding hydrogens is 276 g/mol. The minimum absolute atomic E-state index is 0.528. The smallest absolute Gasteiger partial charge is 0.140 e. The predicted octanol–water partition coefficient (Wildman–Crippen LogP) is 1.43. The van der Waals surface area contributed by atoms with E-state index in [1.807, 2.05) is 18.3 Å². The molecule has 1 aliphatic rings. The quantitative estimate of drug-likeness (QED) is 0.924. The average molecular weight is 298 g/mol. The van der Waals surface area contributed by atoms with Crippen LogP contribution in [0.5, 0.6) is 0 Å². The van der Waals surface area contributed by atoms with Crippen molar-refractivity contribution in [2.45, 2.75) is 13.3 Å². The highest BCUT2D eigenvalue weighted by atomic mass is 15.3. The molecule has 2 N–H and O–H groups in total. The van der Waals surface area contributed by atoms with Crippen molar-refractivity contribution in [1.29, 1.82) is 0 Å². The molecule has 116 valence electrons. The third kappa shape index (κ3) is 2.87. The van der Waals surface area contributed by atoms with Crippen molar-refractivity contribution in [3.8, 4) is 11.1 Å². The van der Waals surface area contributed by atoms with E-state index in [1.54, 1.807) is 6.33 Å². The Hall–Kier alpha value is -2.21. The number of piperazine rings is 1. The number of pyridine rings is 1. The summed E-state index contributed by atoms with van der Waals surface area (Å²) in [6.07, 6.45) is 4.34. The first-order chi connectivity index (χ1) is 10.7. The Bertz CT molecular complexity index is 632. The molecule has 0 aliphatic carbocycles. The molecular formula is C16H22N6. The maximum absolute atomic E-state index is 5.71. The lowest BCUT2D eigenvalue weighted by Gasteiger charge is -2.34. The standard InChI is InChI=1S/C16H22N6/c1-3-13-15(12-4-5-14(17)18-10-12)16(20-11-19-13)22-8-6-21(2)7-9-22/h4-5,10-11H,3,6-9H2,1-2H3,(H2,17,18). The molecule has 1 saturated heterocycles. The normalized spacial score (nSPS) is 16.0. The van der Waals surface area contributed by atoms with Gasteiger partial charge in [-0.25, -0.2) is 15.0 Å². The molecule has 0 radical (unpaired) electrons. The molecule has 3 heterocycles. The highest BCUT2D eigenvalue weighted by Crippen LogP contribution is 2.32. The lowest BCUT2D eigenvalue weighted by atomic mass is 10.0. The van der Waals surface area contributed by atoms with Crippen molar-refractivity contribution in [1.82, 2.24) is 19.9 Å². The molecule has 0 atom stereocenters. The van der Waals surface area contributed by atoms with Crippen LogP contribution in [0.2, 0.25) is 0 Å². The molecule has 2 aromatic heterocycles. The fraction of sp³-hybridized carbons (Fsp3) is 0.438. The number of hydrogen-bond acceptors (Lipinski definition) is 6. The number of nitrogens with zero attached hydrogens (tertiary/aromatic N) is 5. The van der Waals surface area contributed by atoms with Crippen molar-refractivity contribution in [2.24, 2.45) is 0 Å². The molecule has 1 aliphatic heterocycles. The fourth-order valence-electron chi connectivity index (χ4n) is 2.79. The van der Waals surface area contributed by atoms with Gasteiger partial charge in [0.15, 0.2) is 0 Å². The Kier molecular flexibility index (Phi) is 4.20. The Morgan fingerprint density at radius 1 is 1.09 bits per heavy atom. The van der Waals surface area contributed by atoms with Crippen LogP contribution in [0.4, 0.5) is 11.6 Å². The summed E-state index contributed by atoms with van der Waals surface area (Å²) in [6, 6.07) is 3.83. The maximum Gasteiger partial charge on any atom is 0.140 e. The van der Waals surface area contributed by atoms with Crippen molar-refractivity contribution in [3.05, 3.63) is 30.4 Å². The Labute approximate surface area is 131 Å². The predicted molar refractivity (Wildman–Crippen MR) is 88.8 cm³/mol. The van der Waals surface area contributed by atoms with Crippen LogP contribution in [0.25, 0.3) is 11.1 Å². The van der Waals surface area contributed by atoms with Gasteiger partial charge in [0, 0.05) is 43.5 Å². The first-order valence-electron chi connectivity index (χ1n) is 7.68. The zero-order chi connectivity index (χ0) is 15.5. The van der Waals surface area contributed by atoms with E-state index in [0.717, 1.165) is 55.2 Å². The number of aryl methyl sites for hydroxylation is 1. The highest BCUT2D eigenvalue weighted by molar-refractivity contribution is 5.78. The number of rotatable bonds is 3. The van der Waals surface area contributed by atoms with Gasteiger partial charge >= 0.3 is 0 Å². The van der Waals surface area contributed by atoms with Gasteiger partial charge in [0.2, 0.25) is 0 Å². The minimum atomic E-state index is 0.528. The van der Waals surface area contributed by atoms with Gasteiger partial charge in [-0.2, -0.15) is 0 Å². The van der Waals surface area contributed by atoms with Crippen molar-refractivity contribution >= 4 is 11.6 Å². The van der Waals surface area contributed by atoms with E-state index in [0.29, 0.717) is 5.82 Å². The summed E-state index contributed by atoms with van der Waals surface area (Å²) in [7, 11) is 2.15. The van der Waals surface area contributed by atoms with Crippen LogP contribution in [0.3, 0.4) is 0 Å². The van der Waals surface area contributed by atoms with Gasteiger partial charge in [-0.1, -0.05) is 6.92 Å². The summed E-state index contributed by atoms with van der Waals surface area (Å²) in [5.41, 5.74) is 8.88. The summed E-state index contributed by atoms with van der Waals surface area (Å²) in [5.74, 6) is 1.53. The summed E-state index contributed by atoms with van der Waals surface area (Å²) in [4.78, 5) is 17.9. The van der Waals surface area contributed by atoms with Gasteiger partial charge in [-0.05, 0) is 25.6 Å². The molecule has 6 nitrogen and oxygen atoms in total. The second-order valence-electron chi connectivity index (χ2n) is 5.63. The Morgan fingerprint density at radius 3 is 2.50 bits per heavy atom. The third-order valence-electron chi connectivity index (χ3n) is 4.12. The van der Waals surface area contributed by atoms with Crippen molar-refractivity contribution < 1.29 is 0 Å². The summed E-state index contributed by atoms with van der Waals surface area (Å²) >= 11 is 0. The molecule has 1 fully saturated rings. The Balaban J connectivity index is 2.04. The molecule has 2 aromatic rings. The topological polar surface area (TPSA) is 71.2 Å². The molecule has 0 aromatic carbocycles. The van der Waals surface area contributed by atoms with Gasteiger partial charge in [0.25, 0.3) is 0 Å². The van der Waals surface area contributed by atoms with Crippen LogP contribution in [0.15, 0.2) is 24.7 Å². The molecule has 3 rings (SSSR count). The second kappa shape index (κ2) is 6.27. The highest BCUT2D eigenvalue weighted by Gasteiger charge is 2.21. The minimum Gasteiger partial charge on any atom is -0.384 e. The Morgan fingerprint density at radius 2 is 1.86 bits per heavy atom. The zero-order valence-corrected chi connectivity index (χ0v) is 13.2. The van der Waals surface area contributed by atoms with Crippen LogP contribution in [0, 0.1) is 0 Å². The summed E-state index contributed by atoms with van der Waals surface area (Å²) in [6.45, 7) is 6.16. The molecule has 0 unspecified atom stereocenters. The summed E-state index contributed by atoms with van der Waals surface area (Å²) in [5, 5.41) is 0. The molecule has 22 heavy (non-hydrogen) atoms. The van der Waals surface area contributed by atoms with Gasteiger partial charge in [-0.3, -0.25) is 0 Å². The van der Waals surface area contributed by atoms with E-state index < -0.39 is 0 Å². The maximum atomic E-state index is 5.71. The lowest BCUT2D eigenvalue weighted by Crippen LogP contribution is -2.45. The van der Waals surface area contributed by atoms with Gasteiger partial charge < -0.3 is 15.5 Å². The van der Waals surface area contributed by atoms with E-state index in [4.69, 9.17) is 5.73 Å². The van der Waals surface area contributed by atoms with E-state index >= 15 is 0 Å². The zero-order valence-electron chi connectivity index (χ0n) is 13.2. The lowest BCUT2D eigenvalue weighted by molar-refractivity contribution is 0.312. The van der Waals surface area contributed by atoms with Crippen LogP contribution >= 0.6 is 0 Å². The number of nitrogens with two attached hydrogens (primary N) is 1. The number of likely N-dealkylation sites (N-methyl/N-ethyl adjacent to an activating group) is 1. The first kappa shape index (κ1) is 14.7. The van der Waals surface area contributed by atoms with Crippen LogP contribution in [-0.4, -0.2) is 53.1 Å². The van der Waals surface area contributed by atoms with Crippen LogP contribution < -0.4 is 10.6 Å². The first-order valence-corrected chi connectivity index (χ1v) is 7.68. The van der Waals surface area contributed by atoms with Gasteiger partial charge in [0.05, 0.1) is 5.69 Å². The molecule has 0 saturated carbocycles. The van der Waals surface area contributed by atoms with E-state index in [2.05, 4.69) is 38.7 Å². The molecule has 0 bridgehead atoms. The number of anilines is 2. The van der Waals surface area contributed by atoms with Gasteiger partial charge in [-0.15, -0.1) is 0 Å². The third-order valence-corrected chi connectivity index (χ3v) is 4.12. The van der Waals surface area contributed by atoms with E-state index in [1.165, 1.54) is 0 Å².